The van der Waals surface area contributed by atoms with E-state index in [1.807, 2.05) is 6.07 Å². The Bertz CT molecular complexity index is 437. The van der Waals surface area contributed by atoms with Gasteiger partial charge in [-0.05, 0) is 36.5 Å². The molecule has 3 nitrogen and oxygen atoms in total. The zero-order valence-corrected chi connectivity index (χ0v) is 12.2. The highest BCUT2D eigenvalue weighted by Gasteiger charge is 2.24. The fourth-order valence-electron chi connectivity index (χ4n) is 1.77. The van der Waals surface area contributed by atoms with Crippen molar-refractivity contribution in [2.75, 3.05) is 18.5 Å². The van der Waals surface area contributed by atoms with Gasteiger partial charge in [0.05, 0.1) is 18.0 Å². The van der Waals surface area contributed by atoms with E-state index >= 15 is 0 Å². The molecule has 1 aliphatic rings. The number of carbonyl (C=O) groups is 1. The SMILES string of the molecule is O=C(CBr)NC[C@@H](OCC1CC1)c1cccc(F)c1. The zero-order chi connectivity index (χ0) is 13.7. The molecule has 1 saturated carbocycles. The lowest BCUT2D eigenvalue weighted by Crippen LogP contribution is -2.30. The van der Waals surface area contributed by atoms with Gasteiger partial charge in [0.15, 0.2) is 0 Å². The Kier molecular flexibility index (Phi) is 5.34. The standard InChI is InChI=1S/C14H17BrFNO2/c15-7-14(18)17-8-13(19-9-10-4-5-10)11-2-1-3-12(16)6-11/h1-3,6,10,13H,4-5,7-9H2,(H,17,18)/t13-/m1/s1. The molecule has 1 aliphatic carbocycles. The third-order valence-corrected chi connectivity index (χ3v) is 3.57. The largest absolute Gasteiger partial charge is 0.371 e. The van der Waals surface area contributed by atoms with Gasteiger partial charge in [0.1, 0.15) is 5.82 Å². The number of carbonyl (C=O) groups excluding carboxylic acids is 1. The number of alkyl halides is 1. The minimum atomic E-state index is -0.292. The number of amides is 1. The average Bonchev–Trinajstić information content (AvgIpc) is 3.22. The molecule has 1 fully saturated rings. The second kappa shape index (κ2) is 7.01. The van der Waals surface area contributed by atoms with E-state index in [1.54, 1.807) is 6.07 Å². The quantitative estimate of drug-likeness (QED) is 0.781. The molecule has 0 spiro atoms. The fourth-order valence-corrected chi connectivity index (χ4v) is 1.97. The van der Waals surface area contributed by atoms with Gasteiger partial charge in [-0.3, -0.25) is 4.79 Å². The fraction of sp³-hybridized carbons (Fsp3) is 0.500. The molecule has 5 heteroatoms. The molecule has 1 aromatic carbocycles. The van der Waals surface area contributed by atoms with Crippen molar-refractivity contribution in [1.82, 2.24) is 5.32 Å². The number of halogens is 2. The highest BCUT2D eigenvalue weighted by molar-refractivity contribution is 9.09. The molecular weight excluding hydrogens is 313 g/mol. The lowest BCUT2D eigenvalue weighted by molar-refractivity contribution is -0.119. The lowest BCUT2D eigenvalue weighted by Gasteiger charge is -2.19. The predicted molar refractivity (Wildman–Crippen MR) is 74.6 cm³/mol. The van der Waals surface area contributed by atoms with Gasteiger partial charge in [-0.15, -0.1) is 0 Å². The van der Waals surface area contributed by atoms with Crippen LogP contribution in [-0.4, -0.2) is 24.4 Å². The number of benzene rings is 1. The topological polar surface area (TPSA) is 38.3 Å². The van der Waals surface area contributed by atoms with E-state index in [1.165, 1.54) is 25.0 Å². The summed E-state index contributed by atoms with van der Waals surface area (Å²) >= 11 is 3.09. The van der Waals surface area contributed by atoms with Crippen LogP contribution < -0.4 is 5.32 Å². The van der Waals surface area contributed by atoms with Crippen molar-refractivity contribution < 1.29 is 13.9 Å². The van der Waals surface area contributed by atoms with Crippen molar-refractivity contribution in [2.45, 2.75) is 18.9 Å². The van der Waals surface area contributed by atoms with Crippen LogP contribution >= 0.6 is 15.9 Å². The van der Waals surface area contributed by atoms with Crippen LogP contribution in [0, 0.1) is 11.7 Å². The van der Waals surface area contributed by atoms with Crippen molar-refractivity contribution in [2.24, 2.45) is 5.92 Å². The van der Waals surface area contributed by atoms with Crippen LogP contribution in [0.4, 0.5) is 4.39 Å². The number of ether oxygens (including phenoxy) is 1. The summed E-state index contributed by atoms with van der Waals surface area (Å²) in [5, 5.41) is 3.02. The normalized spacial score (nSPS) is 16.1. The van der Waals surface area contributed by atoms with Gasteiger partial charge in [-0.1, -0.05) is 28.1 Å². The second-order valence-electron chi connectivity index (χ2n) is 4.76. The first-order valence-electron chi connectivity index (χ1n) is 6.38. The first kappa shape index (κ1) is 14.5. The number of rotatable bonds is 7. The molecule has 1 amide bonds. The molecule has 0 heterocycles. The number of hydrogen-bond acceptors (Lipinski definition) is 2. The molecule has 2 rings (SSSR count). The Labute approximate surface area is 120 Å². The van der Waals surface area contributed by atoms with Crippen LogP contribution in [-0.2, 0) is 9.53 Å². The molecule has 1 atom stereocenters. The van der Waals surface area contributed by atoms with E-state index in [-0.39, 0.29) is 23.2 Å². The van der Waals surface area contributed by atoms with Crippen LogP contribution in [0.25, 0.3) is 0 Å². The van der Waals surface area contributed by atoms with Crippen LogP contribution in [0.5, 0.6) is 0 Å². The maximum atomic E-state index is 13.3. The van der Waals surface area contributed by atoms with E-state index in [0.29, 0.717) is 19.1 Å². The molecule has 1 aromatic rings. The summed E-state index contributed by atoms with van der Waals surface area (Å²) in [5.41, 5.74) is 0.760. The molecule has 0 bridgehead atoms. The van der Waals surface area contributed by atoms with Crippen molar-refractivity contribution in [1.29, 1.82) is 0 Å². The highest BCUT2D eigenvalue weighted by atomic mass is 79.9. The molecule has 0 aliphatic heterocycles. The number of nitrogens with one attached hydrogen (secondary N) is 1. The molecule has 1 N–H and O–H groups in total. The minimum absolute atomic E-state index is 0.101. The van der Waals surface area contributed by atoms with Gasteiger partial charge in [-0.2, -0.15) is 0 Å². The van der Waals surface area contributed by atoms with E-state index in [0.717, 1.165) is 5.56 Å². The maximum absolute atomic E-state index is 13.3. The maximum Gasteiger partial charge on any atom is 0.230 e. The zero-order valence-electron chi connectivity index (χ0n) is 10.6. The molecule has 0 saturated heterocycles. The van der Waals surface area contributed by atoms with Gasteiger partial charge in [0.2, 0.25) is 5.91 Å². The molecule has 0 unspecified atom stereocenters. The van der Waals surface area contributed by atoms with Crippen LogP contribution in [0.1, 0.15) is 24.5 Å². The third-order valence-electron chi connectivity index (χ3n) is 3.06. The van der Waals surface area contributed by atoms with Crippen molar-refractivity contribution in [3.63, 3.8) is 0 Å². The Hall–Kier alpha value is -0.940. The minimum Gasteiger partial charge on any atom is -0.371 e. The average molecular weight is 330 g/mol. The summed E-state index contributed by atoms with van der Waals surface area (Å²) in [6.45, 7) is 1.03. The number of hydrogen-bond donors (Lipinski definition) is 1. The van der Waals surface area contributed by atoms with E-state index in [9.17, 15) is 9.18 Å². The van der Waals surface area contributed by atoms with Crippen molar-refractivity contribution >= 4 is 21.8 Å². The summed E-state index contributed by atoms with van der Waals surface area (Å²) in [5.74, 6) is 0.240. The van der Waals surface area contributed by atoms with E-state index in [4.69, 9.17) is 4.74 Å². The van der Waals surface area contributed by atoms with Gasteiger partial charge in [0, 0.05) is 6.54 Å². The summed E-state index contributed by atoms with van der Waals surface area (Å²) in [4.78, 5) is 11.3. The highest BCUT2D eigenvalue weighted by Crippen LogP contribution is 2.31. The van der Waals surface area contributed by atoms with Crippen LogP contribution in [0.3, 0.4) is 0 Å². The molecular formula is C14H17BrFNO2. The summed E-state index contributed by atoms with van der Waals surface area (Å²) < 4.78 is 19.1. The molecule has 0 aromatic heterocycles. The Morgan fingerprint density at radius 1 is 1.53 bits per heavy atom. The Morgan fingerprint density at radius 2 is 2.32 bits per heavy atom. The Balaban J connectivity index is 1.97. The predicted octanol–water partition coefficient (Wildman–Crippen LogP) is 2.80. The molecule has 19 heavy (non-hydrogen) atoms. The van der Waals surface area contributed by atoms with E-state index in [2.05, 4.69) is 21.2 Å². The molecule has 104 valence electrons. The van der Waals surface area contributed by atoms with Crippen molar-refractivity contribution in [3.8, 4) is 0 Å². The Morgan fingerprint density at radius 3 is 2.95 bits per heavy atom. The third kappa shape index (κ3) is 4.91. The lowest BCUT2D eigenvalue weighted by atomic mass is 10.1. The monoisotopic (exact) mass is 329 g/mol. The first-order chi connectivity index (χ1) is 9.19. The van der Waals surface area contributed by atoms with Gasteiger partial charge >= 0.3 is 0 Å². The van der Waals surface area contributed by atoms with E-state index < -0.39 is 0 Å². The van der Waals surface area contributed by atoms with Crippen LogP contribution in [0.2, 0.25) is 0 Å². The summed E-state index contributed by atoms with van der Waals surface area (Å²) in [7, 11) is 0. The first-order valence-corrected chi connectivity index (χ1v) is 7.51. The summed E-state index contributed by atoms with van der Waals surface area (Å²) in [6.07, 6.45) is 2.10. The van der Waals surface area contributed by atoms with Gasteiger partial charge in [0.25, 0.3) is 0 Å². The van der Waals surface area contributed by atoms with Crippen molar-refractivity contribution in [3.05, 3.63) is 35.6 Å². The van der Waals surface area contributed by atoms with Crippen LogP contribution in [0.15, 0.2) is 24.3 Å². The van der Waals surface area contributed by atoms with Gasteiger partial charge in [-0.25, -0.2) is 4.39 Å². The summed E-state index contributed by atoms with van der Waals surface area (Å²) in [6, 6.07) is 6.34. The second-order valence-corrected chi connectivity index (χ2v) is 5.32. The van der Waals surface area contributed by atoms with Gasteiger partial charge < -0.3 is 10.1 Å². The smallest absolute Gasteiger partial charge is 0.230 e. The molecule has 0 radical (unpaired) electrons.